The number of hydrogen-bond donors (Lipinski definition) is 5. The molecule has 0 spiro atoms. The van der Waals surface area contributed by atoms with Gasteiger partial charge in [-0.05, 0) is 12.1 Å². The molecule has 0 radical (unpaired) electrons. The molecule has 138 valence electrons. The second-order valence-corrected chi connectivity index (χ2v) is 5.98. The lowest BCUT2D eigenvalue weighted by atomic mass is 9.99. The number of carbonyl (C=O) groups excluding carboxylic acids is 1. The molecule has 25 heavy (non-hydrogen) atoms. The Bertz CT molecular complexity index is 657. The predicted molar refractivity (Wildman–Crippen MR) is 80.0 cm³/mol. The first-order valence-electron chi connectivity index (χ1n) is 7.28. The molecular formula is C14H16ClNO9. The van der Waals surface area contributed by atoms with Gasteiger partial charge in [-0.1, -0.05) is 11.6 Å². The van der Waals surface area contributed by atoms with Gasteiger partial charge in [0.25, 0.3) is 6.29 Å². The maximum atomic E-state index is 12.1. The number of aliphatic hydroxyl groups excluding tert-OH is 4. The largest absolute Gasteiger partial charge is 0.453 e. The second kappa shape index (κ2) is 7.02. The third-order valence-corrected chi connectivity index (χ3v) is 4.14. The van der Waals surface area contributed by atoms with Gasteiger partial charge >= 0.3 is 5.91 Å². The molecule has 1 fully saturated rings. The van der Waals surface area contributed by atoms with E-state index < -0.39 is 49.5 Å². The summed E-state index contributed by atoms with van der Waals surface area (Å²) in [6, 6.07) is 4.15. The molecule has 2 aliphatic rings. The Hall–Kier alpha value is -1.50. The predicted octanol–water partition coefficient (Wildman–Crippen LogP) is -1.40. The Morgan fingerprint density at radius 3 is 2.60 bits per heavy atom. The van der Waals surface area contributed by atoms with Crippen LogP contribution in [-0.2, 0) is 14.3 Å². The molecule has 2 aliphatic heterocycles. The first-order chi connectivity index (χ1) is 11.8. The molecule has 0 bridgehead atoms. The highest BCUT2D eigenvalue weighted by Crippen LogP contribution is 2.36. The average Bonchev–Trinajstić information content (AvgIpc) is 2.59. The van der Waals surface area contributed by atoms with E-state index in [4.69, 9.17) is 30.9 Å². The maximum absolute atomic E-state index is 12.1. The van der Waals surface area contributed by atoms with Crippen molar-refractivity contribution >= 4 is 23.2 Å². The Balaban J connectivity index is 1.79. The van der Waals surface area contributed by atoms with E-state index >= 15 is 0 Å². The van der Waals surface area contributed by atoms with Crippen LogP contribution >= 0.6 is 11.6 Å². The summed E-state index contributed by atoms with van der Waals surface area (Å²) in [5, 5.41) is 49.1. The number of ether oxygens (including phenoxy) is 3. The zero-order valence-electron chi connectivity index (χ0n) is 12.6. The van der Waals surface area contributed by atoms with Crippen LogP contribution in [0.3, 0.4) is 0 Å². The number of hydrogen-bond acceptors (Lipinski definition) is 9. The van der Waals surface area contributed by atoms with E-state index in [2.05, 4.69) is 0 Å². The van der Waals surface area contributed by atoms with Gasteiger partial charge in [-0.2, -0.15) is 5.06 Å². The van der Waals surface area contributed by atoms with Crippen LogP contribution in [0.4, 0.5) is 5.69 Å². The zero-order valence-corrected chi connectivity index (χ0v) is 13.4. The van der Waals surface area contributed by atoms with Crippen LogP contribution in [0.5, 0.6) is 5.75 Å². The fourth-order valence-electron chi connectivity index (χ4n) is 2.53. The fraction of sp³-hybridized carbons (Fsp3) is 0.500. The van der Waals surface area contributed by atoms with Crippen molar-refractivity contribution in [3.8, 4) is 5.75 Å². The lowest BCUT2D eigenvalue weighted by molar-refractivity contribution is -0.323. The number of carbonyl (C=O) groups is 1. The maximum Gasteiger partial charge on any atom is 0.320 e. The second-order valence-electron chi connectivity index (χ2n) is 5.55. The molecule has 1 aromatic carbocycles. The lowest BCUT2D eigenvalue weighted by Gasteiger charge is -2.41. The van der Waals surface area contributed by atoms with Gasteiger partial charge in [0, 0.05) is 11.1 Å². The van der Waals surface area contributed by atoms with Crippen molar-refractivity contribution in [3.05, 3.63) is 23.2 Å². The summed E-state index contributed by atoms with van der Waals surface area (Å²) in [7, 11) is 0. The molecule has 0 aromatic heterocycles. The summed E-state index contributed by atoms with van der Waals surface area (Å²) in [4.78, 5) is 12.1. The van der Waals surface area contributed by atoms with E-state index in [0.717, 1.165) is 0 Å². The number of halogens is 1. The molecule has 6 atom stereocenters. The number of fused-ring (bicyclic) bond motifs is 1. The van der Waals surface area contributed by atoms with Gasteiger partial charge in [-0.15, -0.1) is 0 Å². The molecule has 6 unspecified atom stereocenters. The van der Waals surface area contributed by atoms with Crippen LogP contribution in [0, 0.1) is 0 Å². The summed E-state index contributed by atoms with van der Waals surface area (Å²) in [5.74, 6) is -0.962. The van der Waals surface area contributed by atoms with Crippen LogP contribution in [0.15, 0.2) is 18.2 Å². The average molecular weight is 378 g/mol. The quantitative estimate of drug-likeness (QED) is 0.401. The zero-order chi connectivity index (χ0) is 18.3. The third kappa shape index (κ3) is 3.30. The molecule has 1 amide bonds. The summed E-state index contributed by atoms with van der Waals surface area (Å²) in [6.45, 7) is -0.658. The molecule has 11 heteroatoms. The van der Waals surface area contributed by atoms with Gasteiger partial charge < -0.3 is 34.6 Å². The molecule has 10 nitrogen and oxygen atoms in total. The highest BCUT2D eigenvalue weighted by atomic mass is 35.5. The van der Waals surface area contributed by atoms with Crippen LogP contribution < -0.4 is 9.80 Å². The Kier molecular flexibility index (Phi) is 5.14. The van der Waals surface area contributed by atoms with E-state index in [0.29, 0.717) is 5.06 Å². The molecule has 0 aliphatic carbocycles. The van der Waals surface area contributed by atoms with Gasteiger partial charge in [0.15, 0.2) is 12.0 Å². The van der Waals surface area contributed by atoms with E-state index in [1.807, 2.05) is 0 Å². The van der Waals surface area contributed by atoms with E-state index in [-0.39, 0.29) is 16.5 Å². The summed E-state index contributed by atoms with van der Waals surface area (Å²) >= 11 is 5.84. The SMILES string of the molecule is O=C1C(OC2OC(CO)C(O)C(O)C2O)Oc2cc(Cl)ccc2N1O. The van der Waals surface area contributed by atoms with E-state index in [1.165, 1.54) is 18.2 Å². The first-order valence-corrected chi connectivity index (χ1v) is 7.66. The Labute approximate surface area is 146 Å². The number of benzene rings is 1. The number of aliphatic hydroxyl groups is 4. The minimum atomic E-state index is -1.72. The highest BCUT2D eigenvalue weighted by Gasteiger charge is 2.47. The summed E-state index contributed by atoms with van der Waals surface area (Å²) in [6.07, 6.45) is -9.49. The molecule has 1 aromatic rings. The topological polar surface area (TPSA) is 149 Å². The number of hydroxylamine groups is 1. The van der Waals surface area contributed by atoms with Crippen molar-refractivity contribution in [2.24, 2.45) is 0 Å². The van der Waals surface area contributed by atoms with Crippen LogP contribution in [0.2, 0.25) is 5.02 Å². The van der Waals surface area contributed by atoms with Crippen molar-refractivity contribution in [1.29, 1.82) is 0 Å². The highest BCUT2D eigenvalue weighted by molar-refractivity contribution is 6.30. The molecule has 2 heterocycles. The van der Waals surface area contributed by atoms with Crippen molar-refractivity contribution < 1.29 is 44.6 Å². The van der Waals surface area contributed by atoms with Crippen LogP contribution in [0.25, 0.3) is 0 Å². The first kappa shape index (κ1) is 18.3. The monoisotopic (exact) mass is 377 g/mol. The Morgan fingerprint density at radius 1 is 1.20 bits per heavy atom. The normalized spacial score (nSPS) is 35.3. The molecule has 0 saturated carbocycles. The van der Waals surface area contributed by atoms with Crippen molar-refractivity contribution in [1.82, 2.24) is 0 Å². The number of nitrogens with zero attached hydrogens (tertiary/aromatic N) is 1. The van der Waals surface area contributed by atoms with E-state index in [9.17, 15) is 25.3 Å². The van der Waals surface area contributed by atoms with Gasteiger partial charge in [-0.25, -0.2) is 0 Å². The smallest absolute Gasteiger partial charge is 0.320 e. The molecule has 3 rings (SSSR count). The molecule has 5 N–H and O–H groups in total. The van der Waals surface area contributed by atoms with Crippen molar-refractivity contribution in [2.45, 2.75) is 37.0 Å². The summed E-state index contributed by atoms with van der Waals surface area (Å²) in [5.41, 5.74) is 0.0445. The number of anilines is 1. The third-order valence-electron chi connectivity index (χ3n) is 3.90. The summed E-state index contributed by atoms with van der Waals surface area (Å²) < 4.78 is 15.7. The fourth-order valence-corrected chi connectivity index (χ4v) is 2.69. The minimum Gasteiger partial charge on any atom is -0.453 e. The van der Waals surface area contributed by atoms with Crippen molar-refractivity contribution in [3.63, 3.8) is 0 Å². The van der Waals surface area contributed by atoms with Gasteiger partial charge in [-0.3, -0.25) is 10.0 Å². The van der Waals surface area contributed by atoms with E-state index in [1.54, 1.807) is 0 Å². The van der Waals surface area contributed by atoms with Gasteiger partial charge in [0.2, 0.25) is 0 Å². The van der Waals surface area contributed by atoms with Crippen molar-refractivity contribution in [2.75, 3.05) is 11.7 Å². The van der Waals surface area contributed by atoms with Crippen LogP contribution in [0.1, 0.15) is 0 Å². The van der Waals surface area contributed by atoms with Gasteiger partial charge in [0.1, 0.15) is 30.1 Å². The molecule has 1 saturated heterocycles. The minimum absolute atomic E-state index is 0.0445. The standard InChI is InChI=1S/C14H16ClNO9/c15-5-1-2-6-7(3-5)23-14(12(21)16(6)22)25-13-11(20)10(19)9(18)8(4-17)24-13/h1-3,8-11,13-14,17-20,22H,4H2. The lowest BCUT2D eigenvalue weighted by Crippen LogP contribution is -2.61. The molecular weight excluding hydrogens is 362 g/mol. The van der Waals surface area contributed by atoms with Gasteiger partial charge in [0.05, 0.1) is 6.61 Å². The Morgan fingerprint density at radius 2 is 1.92 bits per heavy atom. The number of rotatable bonds is 3. The number of amides is 1. The van der Waals surface area contributed by atoms with Crippen LogP contribution in [-0.4, -0.2) is 75.1 Å².